The van der Waals surface area contributed by atoms with Crippen LogP contribution in [-0.2, 0) is 32.2 Å². The second kappa shape index (κ2) is 10.1. The number of β-lactam (4-membered cyclic amide) rings is 1. The first-order valence-corrected chi connectivity index (χ1v) is 11.8. The Labute approximate surface area is 204 Å². The van der Waals surface area contributed by atoms with Crippen molar-refractivity contribution in [2.45, 2.75) is 31.3 Å². The molecule has 1 saturated heterocycles. The van der Waals surface area contributed by atoms with Crippen molar-refractivity contribution < 1.29 is 28.9 Å². The first kappa shape index (κ1) is 24.1. The highest BCUT2D eigenvalue weighted by atomic mass is 32.2. The molecule has 4 rings (SSSR count). The number of nitrogens with zero attached hydrogens (tertiary/aromatic N) is 5. The van der Waals surface area contributed by atoms with Crippen LogP contribution >= 0.6 is 11.8 Å². The van der Waals surface area contributed by atoms with E-state index in [1.165, 1.54) is 36.0 Å². The molecule has 4 N–H and O–H groups in total. The summed E-state index contributed by atoms with van der Waals surface area (Å²) in [5.41, 5.74) is 7.09. The highest BCUT2D eigenvalue weighted by Crippen LogP contribution is 2.40. The van der Waals surface area contributed by atoms with Crippen molar-refractivity contribution in [2.75, 3.05) is 18.6 Å². The van der Waals surface area contributed by atoms with Crippen LogP contribution in [0.15, 0.2) is 53.2 Å². The van der Waals surface area contributed by atoms with Crippen LogP contribution in [0.1, 0.15) is 18.3 Å². The zero-order valence-corrected chi connectivity index (χ0v) is 19.9. The van der Waals surface area contributed by atoms with Crippen molar-refractivity contribution in [3.8, 4) is 0 Å². The molecule has 0 radical (unpaired) electrons. The normalized spacial score (nSPS) is 19.7. The van der Waals surface area contributed by atoms with Gasteiger partial charge in [0.25, 0.3) is 11.8 Å². The van der Waals surface area contributed by atoms with Crippen molar-refractivity contribution in [2.24, 2.45) is 5.16 Å². The molecule has 182 valence electrons. The van der Waals surface area contributed by atoms with E-state index < -0.39 is 29.2 Å². The minimum absolute atomic E-state index is 0.0522. The zero-order chi connectivity index (χ0) is 25.1. The maximum atomic E-state index is 13.0. The molecular weight excluding hydrogens is 474 g/mol. The second-order valence-corrected chi connectivity index (χ2v) is 8.89. The van der Waals surface area contributed by atoms with Gasteiger partial charge in [0.2, 0.25) is 5.71 Å². The minimum atomic E-state index is -1.19. The lowest BCUT2D eigenvalue weighted by Crippen LogP contribution is -2.71. The molecule has 0 aromatic carbocycles. The standard InChI is InChI=1S/C22H23N7O5S/c1-3-12-5-4-8-28(9-12)10-13-11-35-21-16(20(31)29(21)17(13)22(32)33)26-19(30)15(27-34-2)18-24-7-6-14(23)25-18/h4-9,16,21H,3,10-11H2,1-2H3,(H3-,23,24,25,26,30,32,33)/p+1/t16?,21-/m0/s1. The van der Waals surface area contributed by atoms with Gasteiger partial charge in [-0.25, -0.2) is 19.3 Å². The number of oxime groups is 1. The zero-order valence-electron chi connectivity index (χ0n) is 19.0. The summed E-state index contributed by atoms with van der Waals surface area (Å²) in [5, 5.41) is 15.6. The van der Waals surface area contributed by atoms with Crippen LogP contribution in [-0.4, -0.2) is 67.7 Å². The quantitative estimate of drug-likeness (QED) is 0.192. The lowest BCUT2D eigenvalue weighted by molar-refractivity contribution is -0.689. The summed E-state index contributed by atoms with van der Waals surface area (Å²) in [5.74, 6) is -2.00. The predicted molar refractivity (Wildman–Crippen MR) is 126 cm³/mol. The van der Waals surface area contributed by atoms with Crippen molar-refractivity contribution in [1.82, 2.24) is 20.2 Å². The number of carboxylic acids is 1. The second-order valence-electron chi connectivity index (χ2n) is 7.78. The summed E-state index contributed by atoms with van der Waals surface area (Å²) in [6.07, 6.45) is 6.03. The van der Waals surface area contributed by atoms with E-state index in [1.807, 2.05) is 36.0 Å². The Kier molecular flexibility index (Phi) is 6.96. The number of aryl methyl sites for hydroxylation is 1. The van der Waals surface area contributed by atoms with Gasteiger partial charge in [-0.1, -0.05) is 12.1 Å². The third-order valence-electron chi connectivity index (χ3n) is 5.52. The highest BCUT2D eigenvalue weighted by Gasteiger charge is 2.54. The number of carbonyl (C=O) groups is 3. The molecule has 0 aliphatic carbocycles. The van der Waals surface area contributed by atoms with Crippen LogP contribution in [0.3, 0.4) is 0 Å². The summed E-state index contributed by atoms with van der Waals surface area (Å²) in [4.78, 5) is 51.9. The van der Waals surface area contributed by atoms with Crippen LogP contribution in [0.4, 0.5) is 5.82 Å². The van der Waals surface area contributed by atoms with Crippen LogP contribution < -0.4 is 15.6 Å². The lowest BCUT2D eigenvalue weighted by atomic mass is 10.0. The predicted octanol–water partition coefficient (Wildman–Crippen LogP) is -0.302. The SMILES string of the molecule is CCc1ccc[n+](CC2=C(C(=O)O)N3C(=O)C(NC(=O)C(=NOC)c4nccc(N)n4)[C@@H]3SC2)c1. The Bertz CT molecular complexity index is 1250. The van der Waals surface area contributed by atoms with E-state index in [1.54, 1.807) is 0 Å². The van der Waals surface area contributed by atoms with Crippen LogP contribution in [0.25, 0.3) is 0 Å². The lowest BCUT2D eigenvalue weighted by Gasteiger charge is -2.49. The summed E-state index contributed by atoms with van der Waals surface area (Å²) in [6, 6.07) is 4.41. The van der Waals surface area contributed by atoms with Gasteiger partial charge in [0.15, 0.2) is 24.8 Å². The molecule has 0 bridgehead atoms. The maximum absolute atomic E-state index is 13.0. The Morgan fingerprint density at radius 1 is 1.43 bits per heavy atom. The van der Waals surface area contributed by atoms with Gasteiger partial charge in [-0.15, -0.1) is 11.8 Å². The fourth-order valence-electron chi connectivity index (χ4n) is 3.88. The van der Waals surface area contributed by atoms with Gasteiger partial charge in [0.1, 0.15) is 30.0 Å². The number of nitrogen functional groups attached to an aromatic ring is 1. The van der Waals surface area contributed by atoms with Gasteiger partial charge in [-0.05, 0) is 18.6 Å². The smallest absolute Gasteiger partial charge is 0.352 e. The number of anilines is 1. The van der Waals surface area contributed by atoms with Crippen molar-refractivity contribution in [3.63, 3.8) is 0 Å². The van der Waals surface area contributed by atoms with E-state index in [0.29, 0.717) is 17.9 Å². The summed E-state index contributed by atoms with van der Waals surface area (Å²) >= 11 is 1.38. The number of nitrogens with one attached hydrogen (secondary N) is 1. The molecule has 4 heterocycles. The molecule has 13 heteroatoms. The number of carbonyl (C=O) groups excluding carboxylic acids is 2. The number of rotatable bonds is 8. The molecule has 2 aliphatic rings. The Hall–Kier alpha value is -4.00. The number of hydrogen-bond acceptors (Lipinski definition) is 9. The molecule has 2 aromatic heterocycles. The summed E-state index contributed by atoms with van der Waals surface area (Å²) < 4.78 is 1.90. The molecule has 0 spiro atoms. The average molecular weight is 499 g/mol. The third-order valence-corrected chi connectivity index (χ3v) is 6.86. The number of aliphatic carboxylic acids is 1. The van der Waals surface area contributed by atoms with E-state index in [9.17, 15) is 19.5 Å². The minimum Gasteiger partial charge on any atom is -0.477 e. The third kappa shape index (κ3) is 4.80. The highest BCUT2D eigenvalue weighted by molar-refractivity contribution is 8.00. The number of nitrogens with two attached hydrogens (primary N) is 1. The number of hydrogen-bond donors (Lipinski definition) is 3. The molecule has 1 unspecified atom stereocenters. The van der Waals surface area contributed by atoms with Gasteiger partial charge < -0.3 is 21.0 Å². The monoisotopic (exact) mass is 498 g/mol. The first-order chi connectivity index (χ1) is 16.8. The van der Waals surface area contributed by atoms with Gasteiger partial charge in [-0.2, -0.15) is 0 Å². The van der Waals surface area contributed by atoms with E-state index in [-0.39, 0.29) is 23.1 Å². The summed E-state index contributed by atoms with van der Waals surface area (Å²) in [6.45, 7) is 2.38. The van der Waals surface area contributed by atoms with E-state index in [0.717, 1.165) is 12.0 Å². The van der Waals surface area contributed by atoms with E-state index in [4.69, 9.17) is 10.6 Å². The Morgan fingerprint density at radius 2 is 2.23 bits per heavy atom. The number of fused-ring (bicyclic) bond motifs is 1. The van der Waals surface area contributed by atoms with E-state index in [2.05, 4.69) is 20.4 Å². The van der Waals surface area contributed by atoms with Crippen molar-refractivity contribution in [3.05, 3.63) is 59.4 Å². The molecule has 2 aliphatic heterocycles. The van der Waals surface area contributed by atoms with Gasteiger partial charge in [0, 0.05) is 29.2 Å². The maximum Gasteiger partial charge on any atom is 0.352 e. The number of aromatic nitrogens is 3. The molecule has 35 heavy (non-hydrogen) atoms. The molecule has 2 atom stereocenters. The van der Waals surface area contributed by atoms with Crippen molar-refractivity contribution >= 4 is 41.1 Å². The van der Waals surface area contributed by atoms with Gasteiger partial charge in [0.05, 0.1) is 0 Å². The molecule has 2 aromatic rings. The van der Waals surface area contributed by atoms with Gasteiger partial charge >= 0.3 is 5.97 Å². The Morgan fingerprint density at radius 3 is 2.91 bits per heavy atom. The molecule has 1 fully saturated rings. The molecule has 12 nitrogen and oxygen atoms in total. The molecular formula is C22H24N7O5S+. The first-order valence-electron chi connectivity index (χ1n) is 10.7. The van der Waals surface area contributed by atoms with Crippen LogP contribution in [0.2, 0.25) is 0 Å². The Balaban J connectivity index is 1.54. The fraction of sp³-hybridized carbons (Fsp3) is 0.318. The number of amides is 2. The number of pyridine rings is 1. The topological polar surface area (TPSA) is 164 Å². The van der Waals surface area contributed by atoms with Gasteiger partial charge in [-0.3, -0.25) is 14.5 Å². The average Bonchev–Trinajstić information content (AvgIpc) is 2.85. The van der Waals surface area contributed by atoms with Crippen LogP contribution in [0.5, 0.6) is 0 Å². The van der Waals surface area contributed by atoms with E-state index >= 15 is 0 Å². The number of thioether (sulfide) groups is 1. The summed E-state index contributed by atoms with van der Waals surface area (Å²) in [7, 11) is 1.26. The number of carboxylic acid groups (broad SMARTS) is 1. The van der Waals surface area contributed by atoms with Crippen LogP contribution in [0, 0.1) is 0 Å². The fourth-order valence-corrected chi connectivity index (χ4v) is 5.22. The largest absolute Gasteiger partial charge is 0.477 e. The molecule has 2 amide bonds. The van der Waals surface area contributed by atoms with Crippen molar-refractivity contribution in [1.29, 1.82) is 0 Å². The molecule has 0 saturated carbocycles.